The Hall–Kier alpha value is -2.69. The summed E-state index contributed by atoms with van der Waals surface area (Å²) in [6.07, 6.45) is 3.57. The fourth-order valence-electron chi connectivity index (χ4n) is 3.43. The number of nitrogens with one attached hydrogen (secondary N) is 2. The zero-order chi connectivity index (χ0) is 19.9. The number of aromatic nitrogens is 3. The van der Waals surface area contributed by atoms with Gasteiger partial charge in [0.1, 0.15) is 5.82 Å². The Morgan fingerprint density at radius 2 is 1.73 bits per heavy atom. The SMILES string of the molecule is CN=C(NCCNc1ccc2ccccc2n1)N1CCN(c2ncccn2)CC1.I. The van der Waals surface area contributed by atoms with Gasteiger partial charge in [0.25, 0.3) is 0 Å². The molecule has 2 N–H and O–H groups in total. The minimum absolute atomic E-state index is 0. The summed E-state index contributed by atoms with van der Waals surface area (Å²) in [6, 6.07) is 14.1. The summed E-state index contributed by atoms with van der Waals surface area (Å²) in [5.41, 5.74) is 1.00. The van der Waals surface area contributed by atoms with Gasteiger partial charge in [-0.25, -0.2) is 15.0 Å². The molecule has 158 valence electrons. The van der Waals surface area contributed by atoms with Gasteiger partial charge >= 0.3 is 0 Å². The summed E-state index contributed by atoms with van der Waals surface area (Å²) in [7, 11) is 1.83. The molecule has 1 aliphatic heterocycles. The maximum absolute atomic E-state index is 4.64. The van der Waals surface area contributed by atoms with E-state index in [0.717, 1.165) is 67.9 Å². The second kappa shape index (κ2) is 10.9. The van der Waals surface area contributed by atoms with Crippen molar-refractivity contribution in [2.75, 3.05) is 56.5 Å². The average molecular weight is 518 g/mol. The van der Waals surface area contributed by atoms with Gasteiger partial charge in [0.05, 0.1) is 5.52 Å². The lowest BCUT2D eigenvalue weighted by Gasteiger charge is -2.36. The van der Waals surface area contributed by atoms with Crippen molar-refractivity contribution in [2.24, 2.45) is 4.99 Å². The van der Waals surface area contributed by atoms with Crippen LogP contribution < -0.4 is 15.5 Å². The first-order valence-electron chi connectivity index (χ1n) is 9.91. The van der Waals surface area contributed by atoms with Crippen LogP contribution in [-0.4, -0.2) is 72.1 Å². The molecule has 0 aliphatic carbocycles. The Morgan fingerprint density at radius 3 is 2.50 bits per heavy atom. The molecule has 1 aromatic carbocycles. The van der Waals surface area contributed by atoms with Crippen LogP contribution in [0.2, 0.25) is 0 Å². The number of benzene rings is 1. The quantitative estimate of drug-likeness (QED) is 0.233. The van der Waals surface area contributed by atoms with E-state index in [4.69, 9.17) is 0 Å². The molecule has 1 fully saturated rings. The highest BCUT2D eigenvalue weighted by molar-refractivity contribution is 14.0. The first-order valence-corrected chi connectivity index (χ1v) is 9.91. The van der Waals surface area contributed by atoms with Crippen molar-refractivity contribution in [3.05, 3.63) is 54.9 Å². The van der Waals surface area contributed by atoms with E-state index < -0.39 is 0 Å². The van der Waals surface area contributed by atoms with Crippen LogP contribution in [0.3, 0.4) is 0 Å². The zero-order valence-electron chi connectivity index (χ0n) is 17.0. The number of hydrogen-bond donors (Lipinski definition) is 2. The van der Waals surface area contributed by atoms with Gasteiger partial charge in [-0.05, 0) is 24.3 Å². The topological polar surface area (TPSA) is 81.6 Å². The molecule has 0 atom stereocenters. The van der Waals surface area contributed by atoms with Crippen LogP contribution in [0.25, 0.3) is 10.9 Å². The van der Waals surface area contributed by atoms with Crippen molar-refractivity contribution < 1.29 is 0 Å². The Morgan fingerprint density at radius 1 is 0.967 bits per heavy atom. The van der Waals surface area contributed by atoms with Gasteiger partial charge in [0.2, 0.25) is 5.95 Å². The minimum Gasteiger partial charge on any atom is -0.368 e. The third-order valence-corrected chi connectivity index (χ3v) is 4.94. The first-order chi connectivity index (χ1) is 14.3. The third-order valence-electron chi connectivity index (χ3n) is 4.94. The van der Waals surface area contributed by atoms with E-state index in [1.807, 2.05) is 37.4 Å². The lowest BCUT2D eigenvalue weighted by Crippen LogP contribution is -2.53. The van der Waals surface area contributed by atoms with Crippen molar-refractivity contribution >= 4 is 52.6 Å². The van der Waals surface area contributed by atoms with Gasteiger partial charge in [-0.15, -0.1) is 24.0 Å². The molecule has 8 nitrogen and oxygen atoms in total. The van der Waals surface area contributed by atoms with Crippen molar-refractivity contribution in [3.63, 3.8) is 0 Å². The van der Waals surface area contributed by atoms with Crippen LogP contribution >= 0.6 is 24.0 Å². The van der Waals surface area contributed by atoms with Crippen molar-refractivity contribution in [3.8, 4) is 0 Å². The van der Waals surface area contributed by atoms with Crippen LogP contribution in [0.1, 0.15) is 0 Å². The Kier molecular flexibility index (Phi) is 8.00. The van der Waals surface area contributed by atoms with Gasteiger partial charge in [-0.2, -0.15) is 0 Å². The standard InChI is InChI=1S/C21H26N8.HI/c1-22-20(28-13-15-29(16-14-28)21-24-9-4-10-25-21)26-12-11-23-19-8-7-17-5-2-3-6-18(17)27-19;/h2-10H,11-16H2,1H3,(H,22,26)(H,23,27);1H. The number of nitrogens with zero attached hydrogens (tertiary/aromatic N) is 6. The van der Waals surface area contributed by atoms with E-state index in [1.165, 1.54) is 0 Å². The monoisotopic (exact) mass is 518 g/mol. The van der Waals surface area contributed by atoms with Gasteiger partial charge in [0.15, 0.2) is 5.96 Å². The maximum atomic E-state index is 4.64. The summed E-state index contributed by atoms with van der Waals surface area (Å²) in [5, 5.41) is 7.96. The molecular weight excluding hydrogens is 491 g/mol. The number of pyridine rings is 1. The van der Waals surface area contributed by atoms with E-state index in [0.29, 0.717) is 0 Å². The van der Waals surface area contributed by atoms with Gasteiger partial charge in [0, 0.05) is 64.1 Å². The first kappa shape index (κ1) is 22.0. The molecule has 0 radical (unpaired) electrons. The second-order valence-electron chi connectivity index (χ2n) is 6.81. The fourth-order valence-corrected chi connectivity index (χ4v) is 3.43. The predicted molar refractivity (Wildman–Crippen MR) is 133 cm³/mol. The molecule has 0 bridgehead atoms. The van der Waals surface area contributed by atoms with E-state index in [1.54, 1.807) is 12.4 Å². The number of piperazine rings is 1. The van der Waals surface area contributed by atoms with Crippen LogP contribution in [0.5, 0.6) is 0 Å². The lowest BCUT2D eigenvalue weighted by molar-refractivity contribution is 0.371. The molecule has 3 heterocycles. The highest BCUT2D eigenvalue weighted by atomic mass is 127. The van der Waals surface area contributed by atoms with Crippen LogP contribution in [0, 0.1) is 0 Å². The van der Waals surface area contributed by atoms with E-state index in [9.17, 15) is 0 Å². The normalized spacial score (nSPS) is 14.4. The van der Waals surface area contributed by atoms with Crippen LogP contribution in [0.15, 0.2) is 59.9 Å². The molecule has 9 heteroatoms. The Labute approximate surface area is 193 Å². The molecule has 1 aliphatic rings. The van der Waals surface area contributed by atoms with E-state index >= 15 is 0 Å². The molecule has 4 rings (SSSR count). The number of halogens is 1. The highest BCUT2D eigenvalue weighted by Crippen LogP contribution is 2.14. The number of fused-ring (bicyclic) bond motifs is 1. The molecule has 2 aromatic heterocycles. The smallest absolute Gasteiger partial charge is 0.225 e. The fraction of sp³-hybridized carbons (Fsp3) is 0.333. The van der Waals surface area contributed by atoms with Gasteiger partial charge in [-0.1, -0.05) is 18.2 Å². The number of rotatable bonds is 5. The van der Waals surface area contributed by atoms with Crippen molar-refractivity contribution in [1.29, 1.82) is 0 Å². The number of para-hydroxylation sites is 1. The zero-order valence-corrected chi connectivity index (χ0v) is 19.4. The summed E-state index contributed by atoms with van der Waals surface area (Å²) in [5.74, 6) is 2.60. The minimum atomic E-state index is 0. The molecular formula is C21H27IN8. The molecule has 3 aromatic rings. The largest absolute Gasteiger partial charge is 0.368 e. The summed E-state index contributed by atoms with van der Waals surface area (Å²) >= 11 is 0. The molecule has 0 saturated carbocycles. The molecule has 0 unspecified atom stereocenters. The number of aliphatic imine (C=N–C) groups is 1. The Bertz CT molecular complexity index is 957. The summed E-state index contributed by atoms with van der Waals surface area (Å²) in [6.45, 7) is 5.06. The molecule has 30 heavy (non-hydrogen) atoms. The van der Waals surface area contributed by atoms with Gasteiger partial charge < -0.3 is 20.4 Å². The predicted octanol–water partition coefficient (Wildman–Crippen LogP) is 2.45. The molecule has 0 amide bonds. The maximum Gasteiger partial charge on any atom is 0.225 e. The van der Waals surface area contributed by atoms with Crippen molar-refractivity contribution in [2.45, 2.75) is 0 Å². The third kappa shape index (κ3) is 5.47. The van der Waals surface area contributed by atoms with Crippen molar-refractivity contribution in [1.82, 2.24) is 25.2 Å². The molecule has 0 spiro atoms. The van der Waals surface area contributed by atoms with E-state index in [-0.39, 0.29) is 24.0 Å². The average Bonchev–Trinajstić information content (AvgIpc) is 2.80. The van der Waals surface area contributed by atoms with E-state index in [2.05, 4.69) is 52.5 Å². The number of hydrogen-bond acceptors (Lipinski definition) is 6. The number of guanidine groups is 1. The molecule has 1 saturated heterocycles. The highest BCUT2D eigenvalue weighted by Gasteiger charge is 2.20. The summed E-state index contributed by atoms with van der Waals surface area (Å²) < 4.78 is 0. The van der Waals surface area contributed by atoms with Gasteiger partial charge in [-0.3, -0.25) is 4.99 Å². The van der Waals surface area contributed by atoms with Crippen LogP contribution in [0.4, 0.5) is 11.8 Å². The summed E-state index contributed by atoms with van der Waals surface area (Å²) in [4.78, 5) is 22.2. The lowest BCUT2D eigenvalue weighted by atomic mass is 10.2. The second-order valence-corrected chi connectivity index (χ2v) is 6.81. The Balaban J connectivity index is 0.00000256. The number of anilines is 2. The van der Waals surface area contributed by atoms with Crippen LogP contribution in [-0.2, 0) is 0 Å².